The van der Waals surface area contributed by atoms with E-state index < -0.39 is 21.8 Å². The maximum atomic E-state index is 13.4. The summed E-state index contributed by atoms with van der Waals surface area (Å²) in [5.41, 5.74) is 3.15. The maximum absolute atomic E-state index is 13.4. The van der Waals surface area contributed by atoms with Gasteiger partial charge in [-0.25, -0.2) is 17.6 Å². The lowest BCUT2D eigenvalue weighted by Gasteiger charge is -2.23. The molecule has 1 N–H and O–H groups in total. The van der Waals surface area contributed by atoms with Gasteiger partial charge in [-0.05, 0) is 61.7 Å². The lowest BCUT2D eigenvalue weighted by Crippen LogP contribution is -2.30. The molecule has 0 bridgehead atoms. The maximum Gasteiger partial charge on any atom is 0.355 e. The molecule has 0 aliphatic carbocycles. The summed E-state index contributed by atoms with van der Waals surface area (Å²) < 4.78 is 46.6. The highest BCUT2D eigenvalue weighted by Gasteiger charge is 2.28. The number of aryl methyl sites for hydroxylation is 1. The monoisotopic (exact) mass is 444 g/mol. The van der Waals surface area contributed by atoms with Gasteiger partial charge in [0.25, 0.3) is 0 Å². The molecule has 0 amide bonds. The van der Waals surface area contributed by atoms with Gasteiger partial charge in [-0.2, -0.15) is 4.31 Å². The van der Waals surface area contributed by atoms with Crippen molar-refractivity contribution in [2.75, 3.05) is 6.61 Å². The summed E-state index contributed by atoms with van der Waals surface area (Å²) in [6, 6.07) is 14.0. The van der Waals surface area contributed by atoms with Crippen molar-refractivity contribution in [1.82, 2.24) is 9.29 Å². The van der Waals surface area contributed by atoms with Crippen LogP contribution in [0.1, 0.15) is 39.8 Å². The van der Waals surface area contributed by atoms with Crippen LogP contribution in [0.5, 0.6) is 0 Å². The van der Waals surface area contributed by atoms with Crippen LogP contribution < -0.4 is 0 Å². The zero-order chi connectivity index (χ0) is 22.6. The first kappa shape index (κ1) is 22.7. The van der Waals surface area contributed by atoms with Gasteiger partial charge in [-0.3, -0.25) is 0 Å². The highest BCUT2D eigenvalue weighted by molar-refractivity contribution is 7.89. The highest BCUT2D eigenvalue weighted by Crippen LogP contribution is 2.26. The number of H-pyrrole nitrogens is 1. The minimum Gasteiger partial charge on any atom is -0.461 e. The lowest BCUT2D eigenvalue weighted by atomic mass is 10.1. The third kappa shape index (κ3) is 5.03. The SMILES string of the molecule is CCOC(=O)c1[nH]c(C)c(CN(Cc2ccccc2)S(=O)(=O)c2ccc(F)cc2)c1C. The minimum absolute atomic E-state index is 0.00119. The molecule has 0 saturated heterocycles. The van der Waals surface area contributed by atoms with Crippen LogP contribution in [0.2, 0.25) is 0 Å². The molecule has 0 aliphatic heterocycles. The van der Waals surface area contributed by atoms with E-state index in [-0.39, 0.29) is 24.6 Å². The number of hydrogen-bond donors (Lipinski definition) is 1. The van der Waals surface area contributed by atoms with Crippen molar-refractivity contribution in [3.8, 4) is 0 Å². The van der Waals surface area contributed by atoms with Crippen molar-refractivity contribution in [2.45, 2.75) is 38.8 Å². The van der Waals surface area contributed by atoms with Crippen LogP contribution in [0.3, 0.4) is 0 Å². The molecule has 0 fully saturated rings. The van der Waals surface area contributed by atoms with E-state index in [4.69, 9.17) is 4.74 Å². The van der Waals surface area contributed by atoms with Crippen LogP contribution in [-0.2, 0) is 27.8 Å². The second kappa shape index (κ2) is 9.45. The number of sulfonamides is 1. The molecule has 0 unspecified atom stereocenters. The fraction of sp³-hybridized carbons (Fsp3) is 0.261. The number of carbonyl (C=O) groups is 1. The van der Waals surface area contributed by atoms with Crippen molar-refractivity contribution in [3.05, 3.63) is 88.5 Å². The number of rotatable bonds is 8. The Bertz CT molecular complexity index is 1160. The summed E-state index contributed by atoms with van der Waals surface area (Å²) in [7, 11) is -3.93. The van der Waals surface area contributed by atoms with Crippen LogP contribution in [0.25, 0.3) is 0 Å². The molecule has 31 heavy (non-hydrogen) atoms. The first-order valence-corrected chi connectivity index (χ1v) is 11.3. The van der Waals surface area contributed by atoms with Crippen LogP contribution in [-0.4, -0.2) is 30.3 Å². The number of halogens is 1. The summed E-state index contributed by atoms with van der Waals surface area (Å²) in [5, 5.41) is 0. The zero-order valence-corrected chi connectivity index (χ0v) is 18.5. The van der Waals surface area contributed by atoms with Crippen molar-refractivity contribution in [2.24, 2.45) is 0 Å². The number of aromatic amines is 1. The molecule has 1 aromatic heterocycles. The third-order valence-corrected chi connectivity index (χ3v) is 6.87. The molecule has 3 rings (SSSR count). The topological polar surface area (TPSA) is 79.5 Å². The molecular weight excluding hydrogens is 419 g/mol. The quantitative estimate of drug-likeness (QED) is 0.524. The molecule has 3 aromatic rings. The summed E-state index contributed by atoms with van der Waals surface area (Å²) in [6.45, 7) is 5.68. The van der Waals surface area contributed by atoms with Gasteiger partial charge < -0.3 is 9.72 Å². The largest absolute Gasteiger partial charge is 0.461 e. The van der Waals surface area contributed by atoms with Crippen LogP contribution in [0.15, 0.2) is 59.5 Å². The van der Waals surface area contributed by atoms with E-state index in [0.29, 0.717) is 22.5 Å². The highest BCUT2D eigenvalue weighted by atomic mass is 32.2. The van der Waals surface area contributed by atoms with Gasteiger partial charge in [0, 0.05) is 18.8 Å². The fourth-order valence-electron chi connectivity index (χ4n) is 3.38. The van der Waals surface area contributed by atoms with Crippen molar-refractivity contribution >= 4 is 16.0 Å². The van der Waals surface area contributed by atoms with Crippen LogP contribution in [0, 0.1) is 19.7 Å². The predicted octanol–water partition coefficient (Wildman–Crippen LogP) is 4.34. The van der Waals surface area contributed by atoms with Gasteiger partial charge in [0.2, 0.25) is 10.0 Å². The normalized spacial score (nSPS) is 11.6. The number of carbonyl (C=O) groups excluding carboxylic acids is 1. The van der Waals surface area contributed by atoms with E-state index in [0.717, 1.165) is 17.7 Å². The number of nitrogens with one attached hydrogen (secondary N) is 1. The average molecular weight is 445 g/mol. The number of nitrogens with zero attached hydrogens (tertiary/aromatic N) is 1. The Hall–Kier alpha value is -2.97. The molecule has 0 saturated carbocycles. The first-order chi connectivity index (χ1) is 14.7. The fourth-order valence-corrected chi connectivity index (χ4v) is 4.77. The smallest absolute Gasteiger partial charge is 0.355 e. The second-order valence-electron chi connectivity index (χ2n) is 7.16. The van der Waals surface area contributed by atoms with Crippen molar-refractivity contribution in [3.63, 3.8) is 0 Å². The van der Waals surface area contributed by atoms with Gasteiger partial charge in [0.15, 0.2) is 0 Å². The molecular formula is C23H25FN2O4S. The average Bonchev–Trinajstić information content (AvgIpc) is 3.03. The van der Waals surface area contributed by atoms with Gasteiger partial charge in [0.05, 0.1) is 11.5 Å². The lowest BCUT2D eigenvalue weighted by molar-refractivity contribution is 0.0519. The van der Waals surface area contributed by atoms with E-state index in [1.807, 2.05) is 30.3 Å². The molecule has 0 atom stereocenters. The number of ether oxygens (including phenoxy) is 1. The van der Waals surface area contributed by atoms with E-state index in [1.165, 1.54) is 16.4 Å². The van der Waals surface area contributed by atoms with E-state index in [1.54, 1.807) is 20.8 Å². The van der Waals surface area contributed by atoms with E-state index in [9.17, 15) is 17.6 Å². The standard InChI is InChI=1S/C23H25FN2O4S/c1-4-30-23(27)22-16(2)21(17(3)25-22)15-26(14-18-8-6-5-7-9-18)31(28,29)20-12-10-19(24)11-13-20/h5-13,25H,4,14-15H2,1-3H3. The summed E-state index contributed by atoms with van der Waals surface area (Å²) in [5.74, 6) is -0.990. The Kier molecular flexibility index (Phi) is 6.92. The molecule has 164 valence electrons. The third-order valence-electron chi connectivity index (χ3n) is 5.06. The predicted molar refractivity (Wildman–Crippen MR) is 115 cm³/mol. The Morgan fingerprint density at radius 1 is 1.03 bits per heavy atom. The van der Waals surface area contributed by atoms with Gasteiger partial charge >= 0.3 is 5.97 Å². The summed E-state index contributed by atoms with van der Waals surface area (Å²) >= 11 is 0. The molecule has 0 radical (unpaired) electrons. The Morgan fingerprint density at radius 2 is 1.68 bits per heavy atom. The van der Waals surface area contributed by atoms with Gasteiger partial charge in [-0.15, -0.1) is 0 Å². The van der Waals surface area contributed by atoms with Crippen molar-refractivity contribution < 1.29 is 22.3 Å². The van der Waals surface area contributed by atoms with Gasteiger partial charge in [-0.1, -0.05) is 30.3 Å². The van der Waals surface area contributed by atoms with Crippen LogP contribution >= 0.6 is 0 Å². The molecule has 2 aromatic carbocycles. The number of benzene rings is 2. The molecule has 8 heteroatoms. The van der Waals surface area contributed by atoms with Gasteiger partial charge in [0.1, 0.15) is 11.5 Å². The van der Waals surface area contributed by atoms with Crippen molar-refractivity contribution in [1.29, 1.82) is 0 Å². The number of aromatic nitrogens is 1. The van der Waals surface area contributed by atoms with E-state index >= 15 is 0 Å². The summed E-state index contributed by atoms with van der Waals surface area (Å²) in [6.07, 6.45) is 0. The molecule has 0 spiro atoms. The zero-order valence-electron chi connectivity index (χ0n) is 17.7. The Balaban J connectivity index is 2.02. The molecule has 0 aliphatic rings. The number of hydrogen-bond acceptors (Lipinski definition) is 4. The Labute approximate surface area is 181 Å². The second-order valence-corrected chi connectivity index (χ2v) is 9.10. The number of esters is 1. The summed E-state index contributed by atoms with van der Waals surface area (Å²) in [4.78, 5) is 15.3. The van der Waals surface area contributed by atoms with E-state index in [2.05, 4.69) is 4.98 Å². The molecule has 6 nitrogen and oxygen atoms in total. The first-order valence-electron chi connectivity index (χ1n) is 9.88. The Morgan fingerprint density at radius 3 is 2.29 bits per heavy atom. The van der Waals surface area contributed by atoms with Crippen LogP contribution in [0.4, 0.5) is 4.39 Å². The minimum atomic E-state index is -3.93. The molecule has 1 heterocycles.